The highest BCUT2D eigenvalue weighted by Gasteiger charge is 2.36. The number of rotatable bonds is 7. The van der Waals surface area contributed by atoms with Gasteiger partial charge in [0.2, 0.25) is 0 Å². The van der Waals surface area contributed by atoms with Gasteiger partial charge in [0.1, 0.15) is 34.1 Å². The number of esters is 2. The molecule has 0 saturated carbocycles. The summed E-state index contributed by atoms with van der Waals surface area (Å²) in [6.07, 6.45) is 0. The topological polar surface area (TPSA) is 120 Å². The molecule has 194 valence electrons. The van der Waals surface area contributed by atoms with Gasteiger partial charge in [0.05, 0.1) is 23.8 Å². The Morgan fingerprint density at radius 3 is 2.54 bits per heavy atom. The lowest BCUT2D eigenvalue weighted by atomic mass is 10.1. The van der Waals surface area contributed by atoms with Gasteiger partial charge in [0.15, 0.2) is 0 Å². The molecule has 4 rings (SSSR count). The number of ether oxygens (including phenoxy) is 3. The molecule has 0 saturated heterocycles. The van der Waals surface area contributed by atoms with E-state index >= 15 is 0 Å². The lowest BCUT2D eigenvalue weighted by molar-refractivity contribution is -0.379. The Bertz CT molecular complexity index is 1330. The average molecular weight is 526 g/mol. The highest BCUT2D eigenvalue weighted by atomic mass is 32.1. The number of nitro groups is 1. The normalized spacial score (nSPS) is 12.8. The zero-order chi connectivity index (χ0) is 26.7. The van der Waals surface area contributed by atoms with Gasteiger partial charge >= 0.3 is 16.9 Å². The van der Waals surface area contributed by atoms with Crippen molar-refractivity contribution < 1.29 is 28.7 Å². The summed E-state index contributed by atoms with van der Waals surface area (Å²) in [7, 11) is 0. The van der Waals surface area contributed by atoms with Gasteiger partial charge in [0, 0.05) is 11.4 Å². The molecule has 0 aliphatic carbocycles. The Morgan fingerprint density at radius 1 is 1.16 bits per heavy atom. The molecule has 0 unspecified atom stereocenters. The number of carbonyl (C=O) groups is 2. The third kappa shape index (κ3) is 5.67. The molecule has 0 spiro atoms. The number of fused-ring (bicyclic) bond motifs is 1. The van der Waals surface area contributed by atoms with Gasteiger partial charge in [-0.3, -0.25) is 10.1 Å². The second-order valence-electron chi connectivity index (χ2n) is 9.11. The van der Waals surface area contributed by atoms with Crippen molar-refractivity contribution in [1.82, 2.24) is 0 Å². The molecule has 0 fully saturated rings. The molecule has 0 bridgehead atoms. The molecule has 10 nitrogen and oxygen atoms in total. The van der Waals surface area contributed by atoms with E-state index in [0.29, 0.717) is 35.9 Å². The van der Waals surface area contributed by atoms with Crippen molar-refractivity contribution in [3.63, 3.8) is 0 Å². The maximum atomic E-state index is 13.2. The zero-order valence-electron chi connectivity index (χ0n) is 20.9. The SMILES string of the molecule is CCOC(=O)c1sc([N+](=O)[O-])c(Nc2ccc3c(c2)N(c2ccccc2)CCO3)c1C(=O)OC(C)(C)C. The van der Waals surface area contributed by atoms with Crippen LogP contribution in [0.2, 0.25) is 0 Å². The van der Waals surface area contributed by atoms with Crippen LogP contribution in [-0.2, 0) is 9.47 Å². The van der Waals surface area contributed by atoms with Crippen LogP contribution in [0, 0.1) is 10.1 Å². The van der Waals surface area contributed by atoms with Crippen LogP contribution in [0.4, 0.5) is 27.8 Å². The lowest BCUT2D eigenvalue weighted by Gasteiger charge is -2.31. The van der Waals surface area contributed by atoms with Crippen molar-refractivity contribution in [3.8, 4) is 5.75 Å². The minimum atomic E-state index is -0.893. The molecule has 3 aromatic rings. The Hall–Kier alpha value is -4.12. The Labute approximate surface area is 217 Å². The number of anilines is 4. The van der Waals surface area contributed by atoms with Gasteiger partial charge < -0.3 is 24.4 Å². The van der Waals surface area contributed by atoms with Crippen molar-refractivity contribution in [2.75, 3.05) is 30.0 Å². The van der Waals surface area contributed by atoms with Crippen molar-refractivity contribution in [2.45, 2.75) is 33.3 Å². The van der Waals surface area contributed by atoms with Gasteiger partial charge in [-0.2, -0.15) is 0 Å². The summed E-state index contributed by atoms with van der Waals surface area (Å²) < 4.78 is 16.4. The summed E-state index contributed by atoms with van der Waals surface area (Å²) in [5, 5.41) is 14.6. The predicted octanol–water partition coefficient (Wildman–Crippen LogP) is 6.06. The molecular weight excluding hydrogens is 498 g/mol. The molecule has 1 aliphatic rings. The van der Waals surface area contributed by atoms with Crippen LogP contribution in [-0.4, -0.2) is 42.2 Å². The van der Waals surface area contributed by atoms with E-state index in [0.717, 1.165) is 11.4 Å². The molecule has 0 amide bonds. The monoisotopic (exact) mass is 525 g/mol. The molecule has 1 aliphatic heterocycles. The van der Waals surface area contributed by atoms with Crippen molar-refractivity contribution in [1.29, 1.82) is 0 Å². The van der Waals surface area contributed by atoms with Gasteiger partial charge in [-0.05, 0) is 58.0 Å². The molecule has 2 aromatic carbocycles. The van der Waals surface area contributed by atoms with E-state index in [-0.39, 0.29) is 22.7 Å². The minimum Gasteiger partial charge on any atom is -0.490 e. The third-order valence-electron chi connectivity index (χ3n) is 5.28. The van der Waals surface area contributed by atoms with E-state index in [9.17, 15) is 19.7 Å². The van der Waals surface area contributed by atoms with E-state index in [4.69, 9.17) is 14.2 Å². The number of benzene rings is 2. The summed E-state index contributed by atoms with van der Waals surface area (Å²) in [5.74, 6) is -1.05. The second kappa shape index (κ2) is 10.5. The summed E-state index contributed by atoms with van der Waals surface area (Å²) in [5.41, 5.74) is 0.922. The molecule has 11 heteroatoms. The number of nitrogens with zero attached hydrogens (tertiary/aromatic N) is 2. The van der Waals surface area contributed by atoms with Crippen LogP contribution in [0.3, 0.4) is 0 Å². The smallest absolute Gasteiger partial charge is 0.349 e. The van der Waals surface area contributed by atoms with E-state index in [1.165, 1.54) is 0 Å². The van der Waals surface area contributed by atoms with Crippen molar-refractivity contribution in [3.05, 3.63) is 69.1 Å². The van der Waals surface area contributed by atoms with Crippen LogP contribution in [0.5, 0.6) is 5.75 Å². The number of carbonyl (C=O) groups excluding carboxylic acids is 2. The van der Waals surface area contributed by atoms with Crippen LogP contribution < -0.4 is 15.0 Å². The summed E-state index contributed by atoms with van der Waals surface area (Å²) >= 11 is 0.570. The zero-order valence-corrected chi connectivity index (χ0v) is 21.7. The molecule has 37 heavy (non-hydrogen) atoms. The molecular formula is C26H27N3O7S. The Morgan fingerprint density at radius 2 is 1.89 bits per heavy atom. The second-order valence-corrected chi connectivity index (χ2v) is 10.1. The number of hydrogen-bond donors (Lipinski definition) is 1. The first kappa shape index (κ1) is 26.0. The number of hydrogen-bond acceptors (Lipinski definition) is 10. The number of nitrogens with one attached hydrogen (secondary N) is 1. The fourth-order valence-electron chi connectivity index (χ4n) is 3.84. The Kier molecular flexibility index (Phi) is 7.35. The molecule has 2 heterocycles. The number of thiophene rings is 1. The first-order chi connectivity index (χ1) is 17.6. The van der Waals surface area contributed by atoms with Crippen molar-refractivity contribution in [2.24, 2.45) is 0 Å². The standard InChI is InChI=1S/C26H27N3O7S/c1-5-34-25(31)22-20(24(30)36-26(2,3)4)21(23(37-22)29(32)33)27-16-11-12-19-18(15-16)28(13-14-35-19)17-9-7-6-8-10-17/h6-12,15,27H,5,13-14H2,1-4H3. The quantitative estimate of drug-likeness (QED) is 0.223. The Balaban J connectivity index is 1.81. The largest absolute Gasteiger partial charge is 0.490 e. The van der Waals surface area contributed by atoms with Gasteiger partial charge in [-0.15, -0.1) is 0 Å². The lowest BCUT2D eigenvalue weighted by Crippen LogP contribution is -2.28. The molecule has 1 aromatic heterocycles. The number of para-hydroxylation sites is 1. The molecule has 1 N–H and O–H groups in total. The minimum absolute atomic E-state index is 0.0429. The van der Waals surface area contributed by atoms with Gasteiger partial charge in [-0.1, -0.05) is 29.5 Å². The summed E-state index contributed by atoms with van der Waals surface area (Å²) in [6, 6.07) is 15.0. The van der Waals surface area contributed by atoms with Crippen LogP contribution in [0.1, 0.15) is 47.7 Å². The highest BCUT2D eigenvalue weighted by Crippen LogP contribution is 2.44. The highest BCUT2D eigenvalue weighted by molar-refractivity contribution is 7.18. The predicted molar refractivity (Wildman–Crippen MR) is 141 cm³/mol. The molecule has 0 radical (unpaired) electrons. The van der Waals surface area contributed by atoms with Crippen LogP contribution >= 0.6 is 11.3 Å². The van der Waals surface area contributed by atoms with Crippen molar-refractivity contribution >= 4 is 51.0 Å². The van der Waals surface area contributed by atoms with E-state index in [1.807, 2.05) is 30.3 Å². The third-order valence-corrected chi connectivity index (χ3v) is 6.40. The van der Waals surface area contributed by atoms with Gasteiger partial charge in [0.25, 0.3) is 0 Å². The first-order valence-electron chi connectivity index (χ1n) is 11.7. The maximum absolute atomic E-state index is 13.2. The maximum Gasteiger partial charge on any atom is 0.349 e. The summed E-state index contributed by atoms with van der Waals surface area (Å²) in [4.78, 5) is 39.1. The van der Waals surface area contributed by atoms with E-state index < -0.39 is 27.5 Å². The fourth-order valence-corrected chi connectivity index (χ4v) is 4.80. The first-order valence-corrected chi connectivity index (χ1v) is 12.5. The summed E-state index contributed by atoms with van der Waals surface area (Å²) in [6.45, 7) is 7.77. The van der Waals surface area contributed by atoms with Crippen LogP contribution in [0.25, 0.3) is 0 Å². The average Bonchev–Trinajstić information content (AvgIpc) is 3.23. The van der Waals surface area contributed by atoms with Gasteiger partial charge in [-0.25, -0.2) is 9.59 Å². The van der Waals surface area contributed by atoms with Crippen LogP contribution in [0.15, 0.2) is 48.5 Å². The van der Waals surface area contributed by atoms with E-state index in [2.05, 4.69) is 10.2 Å². The fraction of sp³-hybridized carbons (Fsp3) is 0.308. The molecule has 0 atom stereocenters. The van der Waals surface area contributed by atoms with E-state index in [1.54, 1.807) is 45.9 Å².